The zero-order valence-electron chi connectivity index (χ0n) is 19.5. The van der Waals surface area contributed by atoms with Crippen molar-refractivity contribution in [1.82, 2.24) is 25.3 Å². The summed E-state index contributed by atoms with van der Waals surface area (Å²) in [5, 5.41) is 6.90. The number of pyridine rings is 2. The summed E-state index contributed by atoms with van der Waals surface area (Å²) in [5.74, 6) is 3.75. The molecule has 10 heteroatoms. The van der Waals surface area contributed by atoms with Crippen molar-refractivity contribution < 1.29 is 9.47 Å². The van der Waals surface area contributed by atoms with E-state index in [9.17, 15) is 0 Å². The standard InChI is InChI=1S/C25H25N7O2.ClH/c1-15-9-17(4-6-21(15)34-19-5-3-16(2)27-11-19)30-24-23-20(28-14-29-24)10-22-25(31-23)32-8-7-26-18(12-32)13-33-22;/h3-6,9-11,14,18,26H,7-8,12-13H2,1-2H3,(H,28,29,30);1H. The Bertz CT molecular complexity index is 1370. The molecular formula is C25H26ClN7O2. The Labute approximate surface area is 209 Å². The van der Waals surface area contributed by atoms with Gasteiger partial charge >= 0.3 is 0 Å². The molecule has 180 valence electrons. The molecule has 2 aliphatic heterocycles. The maximum atomic E-state index is 6.05. The van der Waals surface area contributed by atoms with Gasteiger partial charge in [0.2, 0.25) is 0 Å². The van der Waals surface area contributed by atoms with E-state index in [0.29, 0.717) is 29.7 Å². The molecule has 3 aromatic heterocycles. The van der Waals surface area contributed by atoms with E-state index < -0.39 is 0 Å². The number of fused-ring (bicyclic) bond motifs is 5. The summed E-state index contributed by atoms with van der Waals surface area (Å²) >= 11 is 0. The summed E-state index contributed by atoms with van der Waals surface area (Å²) < 4.78 is 12.0. The third kappa shape index (κ3) is 4.65. The van der Waals surface area contributed by atoms with Crippen molar-refractivity contribution in [1.29, 1.82) is 0 Å². The number of halogens is 1. The maximum absolute atomic E-state index is 6.05. The lowest BCUT2D eigenvalue weighted by atomic mass is 10.2. The van der Waals surface area contributed by atoms with Crippen molar-refractivity contribution in [3.63, 3.8) is 0 Å². The molecule has 1 atom stereocenters. The maximum Gasteiger partial charge on any atom is 0.172 e. The van der Waals surface area contributed by atoms with Gasteiger partial charge in [-0.3, -0.25) is 4.98 Å². The normalized spacial score (nSPS) is 16.5. The van der Waals surface area contributed by atoms with E-state index >= 15 is 0 Å². The summed E-state index contributed by atoms with van der Waals surface area (Å²) in [6.45, 7) is 7.26. The van der Waals surface area contributed by atoms with Crippen LogP contribution >= 0.6 is 12.4 Å². The van der Waals surface area contributed by atoms with E-state index in [1.807, 2.05) is 50.2 Å². The van der Waals surface area contributed by atoms with Crippen LogP contribution in [-0.2, 0) is 0 Å². The molecule has 4 aromatic rings. The molecule has 2 N–H and O–H groups in total. The number of anilines is 3. The highest BCUT2D eigenvalue weighted by molar-refractivity contribution is 5.90. The summed E-state index contributed by atoms with van der Waals surface area (Å²) in [6.07, 6.45) is 3.28. The van der Waals surface area contributed by atoms with Crippen LogP contribution in [0.25, 0.3) is 11.0 Å². The molecule has 2 aliphatic rings. The zero-order valence-corrected chi connectivity index (χ0v) is 20.3. The van der Waals surface area contributed by atoms with Gasteiger partial charge in [0, 0.05) is 37.1 Å². The van der Waals surface area contributed by atoms with Gasteiger partial charge in [0.1, 0.15) is 29.9 Å². The van der Waals surface area contributed by atoms with Crippen LogP contribution in [0.1, 0.15) is 11.3 Å². The van der Waals surface area contributed by atoms with E-state index in [2.05, 4.69) is 30.5 Å². The first-order chi connectivity index (χ1) is 16.6. The van der Waals surface area contributed by atoms with E-state index in [1.165, 1.54) is 0 Å². The first kappa shape index (κ1) is 23.1. The monoisotopic (exact) mass is 491 g/mol. The highest BCUT2D eigenvalue weighted by atomic mass is 35.5. The van der Waals surface area contributed by atoms with E-state index in [-0.39, 0.29) is 12.4 Å². The first-order valence-corrected chi connectivity index (χ1v) is 11.4. The van der Waals surface area contributed by atoms with Crippen molar-refractivity contribution in [2.24, 2.45) is 0 Å². The van der Waals surface area contributed by atoms with E-state index in [1.54, 1.807) is 12.5 Å². The summed E-state index contributed by atoms with van der Waals surface area (Å²) in [4.78, 5) is 20.4. The summed E-state index contributed by atoms with van der Waals surface area (Å²) in [6, 6.07) is 12.0. The molecule has 9 nitrogen and oxygen atoms in total. The number of hydrogen-bond acceptors (Lipinski definition) is 9. The van der Waals surface area contributed by atoms with Crippen LogP contribution in [-0.4, -0.2) is 52.2 Å². The topological polar surface area (TPSA) is 97.3 Å². The van der Waals surface area contributed by atoms with Crippen LogP contribution < -0.4 is 25.0 Å². The predicted molar refractivity (Wildman–Crippen MR) is 138 cm³/mol. The Morgan fingerprint density at radius 2 is 2.03 bits per heavy atom. The van der Waals surface area contributed by atoms with Crippen LogP contribution in [0, 0.1) is 13.8 Å². The molecule has 1 aromatic carbocycles. The Kier molecular flexibility index (Phi) is 6.27. The molecule has 6 rings (SSSR count). The number of hydrogen-bond donors (Lipinski definition) is 2. The predicted octanol–water partition coefficient (Wildman–Crippen LogP) is 4.16. The van der Waals surface area contributed by atoms with Crippen LogP contribution in [0.15, 0.2) is 48.9 Å². The minimum atomic E-state index is 0. The summed E-state index contributed by atoms with van der Waals surface area (Å²) in [5.41, 5.74) is 4.29. The molecular weight excluding hydrogens is 466 g/mol. The van der Waals surface area contributed by atoms with Gasteiger partial charge in [-0.25, -0.2) is 15.0 Å². The molecule has 2 bridgehead atoms. The lowest BCUT2D eigenvalue weighted by molar-refractivity contribution is 0.271. The second-order valence-corrected chi connectivity index (χ2v) is 8.65. The third-order valence-corrected chi connectivity index (χ3v) is 6.10. The number of aryl methyl sites for hydroxylation is 2. The van der Waals surface area contributed by atoms with Crippen molar-refractivity contribution in [2.45, 2.75) is 19.9 Å². The van der Waals surface area contributed by atoms with Crippen LogP contribution in [0.2, 0.25) is 0 Å². The highest BCUT2D eigenvalue weighted by Gasteiger charge is 2.28. The van der Waals surface area contributed by atoms with Crippen molar-refractivity contribution in [3.8, 4) is 17.2 Å². The van der Waals surface area contributed by atoms with Gasteiger partial charge in [0.25, 0.3) is 0 Å². The molecule has 5 heterocycles. The van der Waals surface area contributed by atoms with Crippen molar-refractivity contribution in [3.05, 3.63) is 60.2 Å². The number of rotatable bonds is 4. The first-order valence-electron chi connectivity index (χ1n) is 11.4. The lowest BCUT2D eigenvalue weighted by Crippen LogP contribution is -2.51. The fourth-order valence-corrected chi connectivity index (χ4v) is 4.32. The molecule has 0 spiro atoms. The molecule has 0 saturated carbocycles. The third-order valence-electron chi connectivity index (χ3n) is 6.10. The van der Waals surface area contributed by atoms with Gasteiger partial charge in [-0.2, -0.15) is 0 Å². The minimum Gasteiger partial charge on any atom is -0.488 e. The molecule has 0 amide bonds. The van der Waals surface area contributed by atoms with Gasteiger partial charge in [-0.15, -0.1) is 12.4 Å². The lowest BCUT2D eigenvalue weighted by Gasteiger charge is -2.31. The van der Waals surface area contributed by atoms with Crippen LogP contribution in [0.5, 0.6) is 17.2 Å². The van der Waals surface area contributed by atoms with Gasteiger partial charge < -0.3 is 25.0 Å². The Balaban J connectivity index is 0.00000253. The van der Waals surface area contributed by atoms with Gasteiger partial charge in [-0.05, 0) is 49.7 Å². The second kappa shape index (κ2) is 9.52. The largest absolute Gasteiger partial charge is 0.488 e. The number of benzene rings is 1. The zero-order chi connectivity index (χ0) is 23.1. The average molecular weight is 492 g/mol. The quantitative estimate of drug-likeness (QED) is 0.436. The molecule has 1 saturated heterocycles. The number of piperazine rings is 1. The second-order valence-electron chi connectivity index (χ2n) is 8.65. The van der Waals surface area contributed by atoms with Gasteiger partial charge in [0.05, 0.1) is 17.8 Å². The van der Waals surface area contributed by atoms with Crippen LogP contribution in [0.3, 0.4) is 0 Å². The van der Waals surface area contributed by atoms with Crippen molar-refractivity contribution in [2.75, 3.05) is 36.5 Å². The Morgan fingerprint density at radius 3 is 2.86 bits per heavy atom. The molecule has 1 unspecified atom stereocenters. The molecule has 35 heavy (non-hydrogen) atoms. The number of ether oxygens (including phenoxy) is 2. The smallest absolute Gasteiger partial charge is 0.172 e. The van der Waals surface area contributed by atoms with Crippen LogP contribution in [0.4, 0.5) is 17.3 Å². The fraction of sp³-hybridized carbons (Fsp3) is 0.280. The van der Waals surface area contributed by atoms with E-state index in [0.717, 1.165) is 59.4 Å². The van der Waals surface area contributed by atoms with Gasteiger partial charge in [-0.1, -0.05) is 0 Å². The average Bonchev–Trinajstić information content (AvgIpc) is 2.96. The molecule has 0 aliphatic carbocycles. The molecule has 0 radical (unpaired) electrons. The van der Waals surface area contributed by atoms with E-state index in [4.69, 9.17) is 14.5 Å². The van der Waals surface area contributed by atoms with Gasteiger partial charge in [0.15, 0.2) is 17.4 Å². The number of nitrogens with one attached hydrogen (secondary N) is 2. The highest BCUT2D eigenvalue weighted by Crippen LogP contribution is 2.35. The minimum absolute atomic E-state index is 0. The Hall–Kier alpha value is -3.69. The molecule has 1 fully saturated rings. The summed E-state index contributed by atoms with van der Waals surface area (Å²) in [7, 11) is 0. The SMILES string of the molecule is Cc1ccc(Oc2ccc(Nc3ncnc4cc5c(nc34)N3CCNC(CO5)C3)cc2C)cn1.Cl. The number of aromatic nitrogens is 4. The Morgan fingerprint density at radius 1 is 1.11 bits per heavy atom. The van der Waals surface area contributed by atoms with Crippen molar-refractivity contribution >= 4 is 40.8 Å². The number of nitrogens with zero attached hydrogens (tertiary/aromatic N) is 5. The fourth-order valence-electron chi connectivity index (χ4n) is 4.32.